The molecule has 2 aromatic rings. The maximum atomic E-state index is 13.1. The van der Waals surface area contributed by atoms with Crippen LogP contribution in [0.5, 0.6) is 0 Å². The fraction of sp³-hybridized carbons (Fsp3) is 0.133. The van der Waals surface area contributed by atoms with Crippen LogP contribution in [0.25, 0.3) is 11.1 Å². The molecule has 0 bridgehead atoms. The summed E-state index contributed by atoms with van der Waals surface area (Å²) in [6, 6.07) is 4.42. The molecule has 0 heterocycles. The Bertz CT molecular complexity index is 749. The molecule has 2 rings (SSSR count). The number of rotatable bonds is 2. The smallest absolute Gasteiger partial charge is 0.298 e. The molecule has 0 aliphatic carbocycles. The van der Waals surface area contributed by atoms with Crippen LogP contribution in [-0.4, -0.2) is 6.29 Å². The van der Waals surface area contributed by atoms with Crippen LogP contribution < -0.4 is 0 Å². The van der Waals surface area contributed by atoms with Crippen molar-refractivity contribution in [2.45, 2.75) is 12.4 Å². The summed E-state index contributed by atoms with van der Waals surface area (Å²) in [5.74, 6) is 0. The SMILES string of the molecule is O=Cc1cc(Cl)cc(-c2cc(C(F)(F)F)ccc2C(F)(F)F)c1. The molecule has 0 atom stereocenters. The van der Waals surface area contributed by atoms with Crippen molar-refractivity contribution in [3.8, 4) is 11.1 Å². The second-order valence-corrected chi connectivity index (χ2v) is 5.08. The van der Waals surface area contributed by atoms with Crippen LogP contribution in [0, 0.1) is 0 Å². The van der Waals surface area contributed by atoms with Gasteiger partial charge in [-0.25, -0.2) is 0 Å². The summed E-state index contributed by atoms with van der Waals surface area (Å²) in [6.45, 7) is 0. The van der Waals surface area contributed by atoms with Crippen molar-refractivity contribution >= 4 is 17.9 Å². The third-order valence-corrected chi connectivity index (χ3v) is 3.24. The lowest BCUT2D eigenvalue weighted by Crippen LogP contribution is -2.11. The van der Waals surface area contributed by atoms with E-state index in [1.807, 2.05) is 0 Å². The monoisotopic (exact) mass is 352 g/mol. The van der Waals surface area contributed by atoms with Crippen molar-refractivity contribution in [3.63, 3.8) is 0 Å². The Labute approximate surface area is 131 Å². The van der Waals surface area contributed by atoms with E-state index in [2.05, 4.69) is 0 Å². The van der Waals surface area contributed by atoms with Gasteiger partial charge in [0.25, 0.3) is 0 Å². The molecule has 0 amide bonds. The van der Waals surface area contributed by atoms with Crippen LogP contribution in [0.4, 0.5) is 26.3 Å². The highest BCUT2D eigenvalue weighted by atomic mass is 35.5. The van der Waals surface area contributed by atoms with Gasteiger partial charge in [-0.2, -0.15) is 26.3 Å². The van der Waals surface area contributed by atoms with E-state index < -0.39 is 29.0 Å². The summed E-state index contributed by atoms with van der Waals surface area (Å²) in [5, 5.41) is -0.0601. The molecule has 0 radical (unpaired) electrons. The van der Waals surface area contributed by atoms with E-state index in [0.29, 0.717) is 24.5 Å². The lowest BCUT2D eigenvalue weighted by atomic mass is 9.95. The minimum Gasteiger partial charge on any atom is -0.298 e. The van der Waals surface area contributed by atoms with Crippen LogP contribution >= 0.6 is 11.6 Å². The van der Waals surface area contributed by atoms with E-state index in [1.54, 1.807) is 0 Å². The molecule has 0 spiro atoms. The predicted molar refractivity (Wildman–Crippen MR) is 72.3 cm³/mol. The molecule has 1 nitrogen and oxygen atoms in total. The van der Waals surface area contributed by atoms with Gasteiger partial charge < -0.3 is 0 Å². The Morgan fingerprint density at radius 2 is 1.52 bits per heavy atom. The molecule has 0 N–H and O–H groups in total. The maximum Gasteiger partial charge on any atom is 0.417 e. The summed E-state index contributed by atoms with van der Waals surface area (Å²) < 4.78 is 77.5. The van der Waals surface area contributed by atoms with E-state index in [-0.39, 0.29) is 16.1 Å². The minimum absolute atomic E-state index is 0.0435. The Morgan fingerprint density at radius 3 is 2.04 bits per heavy atom. The largest absolute Gasteiger partial charge is 0.417 e. The molecular weight excluding hydrogens is 346 g/mol. The highest BCUT2D eigenvalue weighted by Crippen LogP contribution is 2.41. The second kappa shape index (κ2) is 5.88. The molecule has 0 saturated carbocycles. The summed E-state index contributed by atoms with van der Waals surface area (Å²) in [7, 11) is 0. The molecule has 0 aliphatic heterocycles. The van der Waals surface area contributed by atoms with E-state index in [0.717, 1.165) is 12.1 Å². The molecule has 0 fully saturated rings. The summed E-state index contributed by atoms with van der Waals surface area (Å²) in [6.07, 6.45) is -9.32. The lowest BCUT2D eigenvalue weighted by Gasteiger charge is -2.16. The molecular formula is C15H7ClF6O. The standard InChI is InChI=1S/C15H7ClF6O/c16-11-4-8(7-23)3-9(5-11)12-6-10(14(17,18)19)1-2-13(12)15(20,21)22/h1-7H. The maximum absolute atomic E-state index is 13.1. The first-order valence-corrected chi connectivity index (χ1v) is 6.45. The number of carbonyl (C=O) groups excluding carboxylic acids is 1. The lowest BCUT2D eigenvalue weighted by molar-refractivity contribution is -0.141. The summed E-state index contributed by atoms with van der Waals surface area (Å²) in [5.41, 5.74) is -3.44. The normalized spacial score (nSPS) is 12.3. The topological polar surface area (TPSA) is 17.1 Å². The zero-order valence-corrected chi connectivity index (χ0v) is 11.9. The van der Waals surface area contributed by atoms with Crippen molar-refractivity contribution < 1.29 is 31.1 Å². The summed E-state index contributed by atoms with van der Waals surface area (Å²) in [4.78, 5) is 10.8. The molecule has 8 heteroatoms. The van der Waals surface area contributed by atoms with Gasteiger partial charge in [0.05, 0.1) is 11.1 Å². The molecule has 0 saturated heterocycles. The third kappa shape index (κ3) is 3.85. The Hall–Kier alpha value is -2.02. The molecule has 0 aliphatic rings. The Balaban J connectivity index is 2.76. The van der Waals surface area contributed by atoms with E-state index in [9.17, 15) is 31.1 Å². The molecule has 23 heavy (non-hydrogen) atoms. The van der Waals surface area contributed by atoms with Crippen LogP contribution in [0.2, 0.25) is 5.02 Å². The van der Waals surface area contributed by atoms with E-state index in [1.165, 1.54) is 6.07 Å². The number of aldehydes is 1. The second-order valence-electron chi connectivity index (χ2n) is 4.65. The fourth-order valence-electron chi connectivity index (χ4n) is 2.04. The van der Waals surface area contributed by atoms with Crippen molar-refractivity contribution in [2.75, 3.05) is 0 Å². The van der Waals surface area contributed by atoms with E-state index in [4.69, 9.17) is 11.6 Å². The van der Waals surface area contributed by atoms with Crippen LogP contribution in [0.1, 0.15) is 21.5 Å². The number of halogens is 7. The first kappa shape index (κ1) is 17.3. The highest BCUT2D eigenvalue weighted by molar-refractivity contribution is 6.31. The van der Waals surface area contributed by atoms with Gasteiger partial charge in [-0.05, 0) is 47.5 Å². The van der Waals surface area contributed by atoms with Crippen molar-refractivity contribution in [3.05, 3.63) is 58.1 Å². The Morgan fingerprint density at radius 1 is 0.870 bits per heavy atom. The van der Waals surface area contributed by atoms with Crippen molar-refractivity contribution in [1.82, 2.24) is 0 Å². The van der Waals surface area contributed by atoms with E-state index >= 15 is 0 Å². The average Bonchev–Trinajstić information content (AvgIpc) is 2.44. The Kier molecular flexibility index (Phi) is 4.43. The van der Waals surface area contributed by atoms with Gasteiger partial charge in [0.1, 0.15) is 6.29 Å². The number of hydrogen-bond acceptors (Lipinski definition) is 1. The quantitative estimate of drug-likeness (QED) is 0.489. The number of alkyl halides is 6. The van der Waals surface area contributed by atoms with Crippen LogP contribution in [0.3, 0.4) is 0 Å². The average molecular weight is 353 g/mol. The molecule has 0 unspecified atom stereocenters. The van der Waals surface area contributed by atoms with Crippen LogP contribution in [-0.2, 0) is 12.4 Å². The predicted octanol–water partition coefficient (Wildman–Crippen LogP) is 5.86. The number of benzene rings is 2. The van der Waals surface area contributed by atoms with Gasteiger partial charge in [-0.15, -0.1) is 0 Å². The molecule has 122 valence electrons. The molecule has 2 aromatic carbocycles. The first-order chi connectivity index (χ1) is 10.5. The van der Waals surface area contributed by atoms with Gasteiger partial charge in [-0.3, -0.25) is 4.79 Å². The van der Waals surface area contributed by atoms with Crippen molar-refractivity contribution in [2.24, 2.45) is 0 Å². The minimum atomic E-state index is -4.86. The van der Waals surface area contributed by atoms with Gasteiger partial charge >= 0.3 is 12.4 Å². The highest BCUT2D eigenvalue weighted by Gasteiger charge is 2.37. The zero-order valence-electron chi connectivity index (χ0n) is 11.1. The van der Waals surface area contributed by atoms with Gasteiger partial charge in [0, 0.05) is 10.6 Å². The van der Waals surface area contributed by atoms with Crippen molar-refractivity contribution in [1.29, 1.82) is 0 Å². The zero-order chi connectivity index (χ0) is 17.4. The first-order valence-electron chi connectivity index (χ1n) is 6.07. The fourth-order valence-corrected chi connectivity index (χ4v) is 2.29. The van der Waals surface area contributed by atoms with Gasteiger partial charge in [0.2, 0.25) is 0 Å². The third-order valence-electron chi connectivity index (χ3n) is 3.02. The van der Waals surface area contributed by atoms with Crippen LogP contribution in [0.15, 0.2) is 36.4 Å². The number of carbonyl (C=O) groups is 1. The van der Waals surface area contributed by atoms with Gasteiger partial charge in [0.15, 0.2) is 0 Å². The molecule has 0 aromatic heterocycles. The van der Waals surface area contributed by atoms with Gasteiger partial charge in [-0.1, -0.05) is 11.6 Å². The summed E-state index contributed by atoms with van der Waals surface area (Å²) >= 11 is 5.71. The number of hydrogen-bond donors (Lipinski definition) is 0.